The number of hydrogen-bond acceptors (Lipinski definition) is 2. The fraction of sp³-hybridized carbons (Fsp3) is 0.917. The van der Waals surface area contributed by atoms with E-state index in [4.69, 9.17) is 5.11 Å². The van der Waals surface area contributed by atoms with E-state index < -0.39 is 5.97 Å². The maximum Gasteiger partial charge on any atom is 0.303 e. The summed E-state index contributed by atoms with van der Waals surface area (Å²) >= 11 is 0. The minimum Gasteiger partial charge on any atom is -0.481 e. The molecular formula is C12H25NO2. The highest BCUT2D eigenvalue weighted by molar-refractivity contribution is 5.66. The van der Waals surface area contributed by atoms with Crippen molar-refractivity contribution in [2.45, 2.75) is 64.8 Å². The molecule has 3 heteroatoms. The summed E-state index contributed by atoms with van der Waals surface area (Å²) in [6.45, 7) is 5.48. The fourth-order valence-corrected chi connectivity index (χ4v) is 1.64. The second-order valence-corrected chi connectivity index (χ2v) is 4.20. The van der Waals surface area contributed by atoms with Crippen LogP contribution in [0.2, 0.25) is 0 Å². The van der Waals surface area contributed by atoms with Crippen LogP contribution in [0.15, 0.2) is 0 Å². The minimum absolute atomic E-state index is 0.319. The van der Waals surface area contributed by atoms with Crippen LogP contribution in [-0.4, -0.2) is 23.7 Å². The van der Waals surface area contributed by atoms with Crippen molar-refractivity contribution < 1.29 is 9.90 Å². The number of unbranched alkanes of at least 4 members (excludes halogenated alkanes) is 3. The van der Waals surface area contributed by atoms with Crippen LogP contribution >= 0.6 is 0 Å². The average Bonchev–Trinajstić information content (AvgIpc) is 2.16. The number of hydrogen-bond donors (Lipinski definition) is 2. The summed E-state index contributed by atoms with van der Waals surface area (Å²) in [5.74, 6) is -0.676. The number of carboxylic acids is 1. The van der Waals surface area contributed by atoms with E-state index in [9.17, 15) is 4.79 Å². The normalized spacial score (nSPS) is 12.7. The molecule has 3 nitrogen and oxygen atoms in total. The Kier molecular flexibility index (Phi) is 9.59. The quantitative estimate of drug-likeness (QED) is 0.551. The van der Waals surface area contributed by atoms with E-state index in [0.29, 0.717) is 12.5 Å². The second-order valence-electron chi connectivity index (χ2n) is 4.20. The highest BCUT2D eigenvalue weighted by Crippen LogP contribution is 2.03. The third-order valence-corrected chi connectivity index (χ3v) is 2.53. The number of aliphatic carboxylic acids is 1. The zero-order valence-corrected chi connectivity index (χ0v) is 10.1. The summed E-state index contributed by atoms with van der Waals surface area (Å²) in [4.78, 5) is 10.2. The lowest BCUT2D eigenvalue weighted by Crippen LogP contribution is -2.26. The molecule has 0 aliphatic heterocycles. The average molecular weight is 215 g/mol. The lowest BCUT2D eigenvalue weighted by atomic mass is 10.1. The zero-order chi connectivity index (χ0) is 11.5. The topological polar surface area (TPSA) is 49.3 Å². The molecule has 15 heavy (non-hydrogen) atoms. The molecule has 1 unspecified atom stereocenters. The van der Waals surface area contributed by atoms with Crippen LogP contribution < -0.4 is 5.32 Å². The van der Waals surface area contributed by atoms with Crippen molar-refractivity contribution in [1.29, 1.82) is 0 Å². The standard InChI is InChI=1S/C12H25NO2/c1-3-8-11(2)13-10-7-5-4-6-9-12(14)15/h11,13H,3-10H2,1-2H3,(H,14,15). The maximum absolute atomic E-state index is 10.2. The molecule has 0 rings (SSSR count). The molecule has 0 saturated heterocycles. The van der Waals surface area contributed by atoms with E-state index in [1.807, 2.05) is 0 Å². The summed E-state index contributed by atoms with van der Waals surface area (Å²) in [5, 5.41) is 11.9. The van der Waals surface area contributed by atoms with Crippen LogP contribution in [0.4, 0.5) is 0 Å². The van der Waals surface area contributed by atoms with E-state index in [2.05, 4.69) is 19.2 Å². The van der Waals surface area contributed by atoms with Crippen molar-refractivity contribution >= 4 is 5.97 Å². The van der Waals surface area contributed by atoms with E-state index in [0.717, 1.165) is 32.2 Å². The van der Waals surface area contributed by atoms with Crippen LogP contribution in [0.5, 0.6) is 0 Å². The molecule has 0 aromatic carbocycles. The number of carboxylic acid groups (broad SMARTS) is 1. The van der Waals surface area contributed by atoms with Gasteiger partial charge in [0.1, 0.15) is 0 Å². The largest absolute Gasteiger partial charge is 0.481 e. The third kappa shape index (κ3) is 11.4. The van der Waals surface area contributed by atoms with Crippen LogP contribution in [0.3, 0.4) is 0 Å². The lowest BCUT2D eigenvalue weighted by Gasteiger charge is -2.11. The van der Waals surface area contributed by atoms with Crippen molar-refractivity contribution in [3.8, 4) is 0 Å². The van der Waals surface area contributed by atoms with Crippen molar-refractivity contribution in [1.82, 2.24) is 5.32 Å². The summed E-state index contributed by atoms with van der Waals surface area (Å²) in [6, 6.07) is 0.619. The SMILES string of the molecule is CCCC(C)NCCCCCCC(=O)O. The van der Waals surface area contributed by atoms with Crippen molar-refractivity contribution in [3.05, 3.63) is 0 Å². The van der Waals surface area contributed by atoms with Gasteiger partial charge in [-0.1, -0.05) is 26.2 Å². The molecular weight excluding hydrogens is 190 g/mol. The van der Waals surface area contributed by atoms with Crippen LogP contribution in [0.25, 0.3) is 0 Å². The van der Waals surface area contributed by atoms with Crippen molar-refractivity contribution in [2.24, 2.45) is 0 Å². The molecule has 1 atom stereocenters. The molecule has 0 bridgehead atoms. The Morgan fingerprint density at radius 2 is 1.93 bits per heavy atom. The van der Waals surface area contributed by atoms with Crippen LogP contribution in [-0.2, 0) is 4.79 Å². The molecule has 0 saturated carbocycles. The number of nitrogens with one attached hydrogen (secondary N) is 1. The predicted octanol–water partition coefficient (Wildman–Crippen LogP) is 2.80. The zero-order valence-electron chi connectivity index (χ0n) is 10.1. The Labute approximate surface area is 93.3 Å². The Hall–Kier alpha value is -0.570. The molecule has 2 N–H and O–H groups in total. The molecule has 0 aliphatic rings. The highest BCUT2D eigenvalue weighted by Gasteiger charge is 1.99. The molecule has 0 amide bonds. The smallest absolute Gasteiger partial charge is 0.303 e. The minimum atomic E-state index is -0.676. The van der Waals surface area contributed by atoms with Gasteiger partial charge in [-0.2, -0.15) is 0 Å². The highest BCUT2D eigenvalue weighted by atomic mass is 16.4. The molecule has 0 spiro atoms. The third-order valence-electron chi connectivity index (χ3n) is 2.53. The van der Waals surface area contributed by atoms with Gasteiger partial charge in [0, 0.05) is 12.5 Å². The number of carbonyl (C=O) groups is 1. The van der Waals surface area contributed by atoms with Crippen molar-refractivity contribution in [3.63, 3.8) is 0 Å². The van der Waals surface area contributed by atoms with Gasteiger partial charge in [0.2, 0.25) is 0 Å². The first kappa shape index (κ1) is 14.4. The Balaban J connectivity index is 3.07. The summed E-state index contributed by atoms with van der Waals surface area (Å²) in [5.41, 5.74) is 0. The molecule has 0 aromatic rings. The van der Waals surface area contributed by atoms with Gasteiger partial charge < -0.3 is 10.4 Å². The molecule has 0 aromatic heterocycles. The van der Waals surface area contributed by atoms with Crippen LogP contribution in [0.1, 0.15) is 58.8 Å². The summed E-state index contributed by atoms with van der Waals surface area (Å²) in [6.07, 6.45) is 6.94. The summed E-state index contributed by atoms with van der Waals surface area (Å²) < 4.78 is 0. The van der Waals surface area contributed by atoms with Gasteiger partial charge in [-0.05, 0) is 32.7 Å². The first-order chi connectivity index (χ1) is 7.16. The first-order valence-electron chi connectivity index (χ1n) is 6.12. The van der Waals surface area contributed by atoms with E-state index in [1.54, 1.807) is 0 Å². The van der Waals surface area contributed by atoms with Gasteiger partial charge in [-0.3, -0.25) is 4.79 Å². The van der Waals surface area contributed by atoms with E-state index in [1.165, 1.54) is 12.8 Å². The molecule has 0 radical (unpaired) electrons. The van der Waals surface area contributed by atoms with Gasteiger partial charge >= 0.3 is 5.97 Å². The molecule has 0 heterocycles. The van der Waals surface area contributed by atoms with Gasteiger partial charge in [-0.25, -0.2) is 0 Å². The fourth-order valence-electron chi connectivity index (χ4n) is 1.64. The van der Waals surface area contributed by atoms with Crippen LogP contribution in [0, 0.1) is 0 Å². The Morgan fingerprint density at radius 3 is 2.53 bits per heavy atom. The van der Waals surface area contributed by atoms with Gasteiger partial charge in [0.15, 0.2) is 0 Å². The second kappa shape index (κ2) is 9.97. The monoisotopic (exact) mass is 215 g/mol. The maximum atomic E-state index is 10.2. The Morgan fingerprint density at radius 1 is 1.27 bits per heavy atom. The molecule has 0 aliphatic carbocycles. The van der Waals surface area contributed by atoms with Crippen molar-refractivity contribution in [2.75, 3.05) is 6.54 Å². The summed E-state index contributed by atoms with van der Waals surface area (Å²) in [7, 11) is 0. The predicted molar refractivity (Wildman–Crippen MR) is 63.1 cm³/mol. The first-order valence-corrected chi connectivity index (χ1v) is 6.12. The Bertz CT molecular complexity index is 160. The van der Waals surface area contributed by atoms with Gasteiger partial charge in [0.05, 0.1) is 0 Å². The van der Waals surface area contributed by atoms with Gasteiger partial charge in [0.25, 0.3) is 0 Å². The van der Waals surface area contributed by atoms with E-state index >= 15 is 0 Å². The molecule has 0 fully saturated rings. The molecule has 90 valence electrons. The number of rotatable bonds is 10. The lowest BCUT2D eigenvalue weighted by molar-refractivity contribution is -0.137. The van der Waals surface area contributed by atoms with E-state index in [-0.39, 0.29) is 0 Å². The van der Waals surface area contributed by atoms with Gasteiger partial charge in [-0.15, -0.1) is 0 Å².